The molecule has 0 spiro atoms. The lowest BCUT2D eigenvalue weighted by Gasteiger charge is -2.35. The van der Waals surface area contributed by atoms with Gasteiger partial charge in [0.25, 0.3) is 6.33 Å². The summed E-state index contributed by atoms with van der Waals surface area (Å²) >= 11 is 0. The molecule has 0 unspecified atom stereocenters. The van der Waals surface area contributed by atoms with Gasteiger partial charge in [-0.05, 0) is 193 Å². The Kier molecular flexibility index (Phi) is 11.5. The average Bonchev–Trinajstić information content (AvgIpc) is 0.896. The quantitative estimate of drug-likeness (QED) is 0.0472. The maximum absolute atomic E-state index is 11.5. The monoisotopic (exact) mass is 1500 g/mol. The van der Waals surface area contributed by atoms with Gasteiger partial charge in [-0.15, -0.1) is 0 Å². The van der Waals surface area contributed by atoms with Crippen LogP contribution in [0.3, 0.4) is 0 Å². The van der Waals surface area contributed by atoms with Gasteiger partial charge in [-0.3, -0.25) is 13.7 Å². The highest BCUT2D eigenvalue weighted by molar-refractivity contribution is 7.20. The van der Waals surface area contributed by atoms with E-state index in [0.717, 1.165) is 55.7 Å². The highest BCUT2D eigenvalue weighted by Gasteiger charge is 2.42. The number of imidazole rings is 2. The number of nitrogens with zero attached hydrogens (tertiary/aromatic N) is 4. The molecule has 113 heavy (non-hydrogen) atoms. The minimum Gasteiger partial charge on any atom is -0.460 e. The number of benzene rings is 15. The smallest absolute Gasteiger partial charge is 0.270 e. The molecule has 0 radical (unpaired) electrons. The lowest BCUT2D eigenvalue weighted by Crippen LogP contribution is -2.74. The van der Waals surface area contributed by atoms with Crippen molar-refractivity contribution in [3.8, 4) is 107 Å². The van der Waals surface area contributed by atoms with Crippen molar-refractivity contribution in [2.75, 3.05) is 0 Å². The zero-order chi connectivity index (χ0) is 101. The molecule has 0 aliphatic carbocycles. The van der Waals surface area contributed by atoms with E-state index in [1.54, 1.807) is 61.7 Å². The molecule has 7 heteroatoms. The zero-order valence-corrected chi connectivity index (χ0v) is 64.5. The molecule has 18 aromatic rings. The minimum absolute atomic E-state index is 0.00240. The van der Waals surface area contributed by atoms with Crippen LogP contribution in [0.5, 0.6) is 11.5 Å². The van der Waals surface area contributed by atoms with Crippen LogP contribution in [0.4, 0.5) is 0 Å². The molecule has 15 aromatic carbocycles. The van der Waals surface area contributed by atoms with Crippen molar-refractivity contribution in [2.24, 2.45) is 0 Å². The van der Waals surface area contributed by atoms with E-state index < -0.39 is 231 Å². The predicted octanol–water partition coefficient (Wildman–Crippen LogP) is 24.9. The third-order valence-corrected chi connectivity index (χ3v) is 25.4. The van der Waals surface area contributed by atoms with Crippen molar-refractivity contribution < 1.29 is 50.7 Å². The van der Waals surface area contributed by atoms with Crippen LogP contribution in [0.2, 0.25) is 0 Å². The first kappa shape index (κ1) is 46.7. The van der Waals surface area contributed by atoms with Crippen LogP contribution in [0.1, 0.15) is 140 Å². The summed E-state index contributed by atoms with van der Waals surface area (Å²) in [7, 11) is -6.60. The standard InChI is InChI=1S/C106H88N4O2Si/c1-68(2)90-60-74(72-55-53-71(54-56-72)70-33-15-11-16-34-70)61-91(69(3)4)101(90)110-96-50-29-28-49-95(96)107-104(110)75-57-76(105(5,6)7)62-78(58-75)111-79-65-94-88-47-27-30-52-99(88)112-103(94)98(66-79)108-67-109-100-92(73-35-31-42-83(59-73)113(80-36-17-12-18-37-80,81-38-19-13-20-39-81)82-40-21-14-22-41-82)63-77(106(8,9)10)64-93(100)87-46-26-24-44-85(87)84-43-23-25-45-86(84)89-48-32-51-97(108)102(89)109/h11-66,68-69H,1-10H3/i12D,13D,14D,17D,18D,19D,20D,21D,22D,23D,24D,25D,26D,31D,35D,36D,37D,38D,39D,40D,41D,42D,43D,44D,45D,46D,59D. The normalized spacial score (nSPS) is 15.7. The molecule has 548 valence electrons. The van der Waals surface area contributed by atoms with Gasteiger partial charge in [0.15, 0.2) is 8.07 Å². The van der Waals surface area contributed by atoms with Gasteiger partial charge in [-0.25, -0.2) is 4.98 Å². The Balaban J connectivity index is 0.939. The third-order valence-electron chi connectivity index (χ3n) is 21.4. The lowest BCUT2D eigenvalue weighted by atomic mass is 9.81. The first-order chi connectivity index (χ1) is 66.1. The molecule has 0 fully saturated rings. The highest BCUT2D eigenvalue weighted by atomic mass is 28.3. The fraction of sp³-hybridized carbons (Fsp3) is 0.132. The van der Waals surface area contributed by atoms with Gasteiger partial charge in [0.2, 0.25) is 0 Å². The summed E-state index contributed by atoms with van der Waals surface area (Å²) in [6, 6.07) is 27.3. The number of furan rings is 1. The van der Waals surface area contributed by atoms with Crippen LogP contribution in [0.15, 0.2) is 343 Å². The van der Waals surface area contributed by atoms with E-state index in [0.29, 0.717) is 33.5 Å². The van der Waals surface area contributed by atoms with Crippen molar-refractivity contribution in [2.45, 2.75) is 91.9 Å². The number of ether oxygens (including phenoxy) is 1. The Labute approximate surface area is 701 Å². The second kappa shape index (κ2) is 27.8. The second-order valence-electron chi connectivity index (χ2n) is 31.1. The van der Waals surface area contributed by atoms with Gasteiger partial charge < -0.3 is 9.15 Å². The number of rotatable bonds is 14. The van der Waals surface area contributed by atoms with Gasteiger partial charge in [0, 0.05) is 16.3 Å². The van der Waals surface area contributed by atoms with Crippen LogP contribution in [0.25, 0.3) is 139 Å². The van der Waals surface area contributed by atoms with E-state index in [1.165, 1.54) is 16.7 Å². The number of hydrogen-bond acceptors (Lipinski definition) is 3. The van der Waals surface area contributed by atoms with Crippen LogP contribution in [0, 0.1) is 6.33 Å². The largest absolute Gasteiger partial charge is 0.460 e. The van der Waals surface area contributed by atoms with Crippen LogP contribution in [-0.2, 0) is 10.8 Å². The molecule has 1 aliphatic rings. The summed E-state index contributed by atoms with van der Waals surface area (Å²) in [5.41, 5.74) is 6.29. The van der Waals surface area contributed by atoms with Crippen molar-refractivity contribution in [3.05, 3.63) is 368 Å². The molecule has 1 aliphatic heterocycles. The number of para-hydroxylation sites is 4. The molecular weight excluding hydrogens is 1390 g/mol. The fourth-order valence-corrected chi connectivity index (χ4v) is 19.4. The maximum atomic E-state index is 11.5. The summed E-state index contributed by atoms with van der Waals surface area (Å²) in [6.07, 6.45) is 3.60. The SMILES string of the molecule is [2H]c1c([2H])c([2H])c([Si](c2c([2H])c([2H])c([2H])c([2H])c2[2H])(c2c([2H])c([2H])c([2H])c([2H])c2[2H])c2c([2H])c([2H])c([2H])c(-c3cc(C(C)(C)C)cc4c3-[n+]3[c-]n(-c5cc(Oc6cc(-c7nc8ccccc8n7-c7c(C(C)C)cc(-c8ccc(-c9ccccc9)cc8)cc7C(C)C)cc(C(C)(C)C)c6)cc6c5oc5ccccc56)c5cccc(c53)-c3c([2H])c([2H])c([2H])c([2H])c3-c3c([2H])c([2H])c([2H])c([2H])c3-4)c2[2H])c([2H])c1[2H]. The van der Waals surface area contributed by atoms with Gasteiger partial charge in [0.05, 0.1) is 70.5 Å². The van der Waals surface area contributed by atoms with E-state index in [9.17, 15) is 32.9 Å². The van der Waals surface area contributed by atoms with Gasteiger partial charge in [0.1, 0.15) is 34.2 Å². The molecule has 0 atom stereocenters. The molecule has 0 saturated carbocycles. The van der Waals surface area contributed by atoms with Gasteiger partial charge >= 0.3 is 0 Å². The topological polar surface area (TPSA) is 49.0 Å². The molecular formula is C106H88N4O2Si. The van der Waals surface area contributed by atoms with Crippen LogP contribution < -0.4 is 30.1 Å². The first-order valence-electron chi connectivity index (χ1n) is 51.0. The fourth-order valence-electron chi connectivity index (χ4n) is 15.8. The number of aromatic nitrogens is 4. The highest BCUT2D eigenvalue weighted by Crippen LogP contribution is 2.49. The second-order valence-corrected chi connectivity index (χ2v) is 34.6. The zero-order valence-electron chi connectivity index (χ0n) is 90.5. The van der Waals surface area contributed by atoms with Gasteiger partial charge in [-0.2, -0.15) is 0 Å². The molecule has 19 rings (SSSR count). The molecule has 0 N–H and O–H groups in total. The summed E-state index contributed by atoms with van der Waals surface area (Å²) in [4.78, 5) is 5.55. The number of fused-ring (bicyclic) bond motifs is 11. The van der Waals surface area contributed by atoms with E-state index in [-0.39, 0.29) is 67.8 Å². The summed E-state index contributed by atoms with van der Waals surface area (Å²) in [5, 5.41) is -3.34. The van der Waals surface area contributed by atoms with E-state index in [4.69, 9.17) is 18.3 Å². The maximum Gasteiger partial charge on any atom is 0.270 e. The lowest BCUT2D eigenvalue weighted by molar-refractivity contribution is -0.570. The van der Waals surface area contributed by atoms with Crippen molar-refractivity contribution >= 4 is 72.8 Å². The van der Waals surface area contributed by atoms with E-state index >= 15 is 0 Å². The van der Waals surface area contributed by atoms with Crippen molar-refractivity contribution in [1.29, 1.82) is 0 Å². The minimum atomic E-state index is -6.60. The Morgan fingerprint density at radius 1 is 0.425 bits per heavy atom. The summed E-state index contributed by atoms with van der Waals surface area (Å²) < 4.78 is 286. The Bertz CT molecular complexity index is 8180. The molecule has 3 aromatic heterocycles. The van der Waals surface area contributed by atoms with Crippen LogP contribution >= 0.6 is 0 Å². The Morgan fingerprint density at radius 3 is 1.58 bits per heavy atom. The predicted molar refractivity (Wildman–Crippen MR) is 473 cm³/mol. The number of hydrogen-bond donors (Lipinski definition) is 0. The van der Waals surface area contributed by atoms with E-state index in [1.807, 2.05) is 66.7 Å². The molecule has 0 saturated heterocycles. The van der Waals surface area contributed by atoms with Crippen molar-refractivity contribution in [1.82, 2.24) is 14.1 Å². The summed E-state index contributed by atoms with van der Waals surface area (Å²) in [6.45, 7) is 20.3. The molecule has 6 nitrogen and oxygen atoms in total. The van der Waals surface area contributed by atoms with Crippen LogP contribution in [-0.4, -0.2) is 22.2 Å². The van der Waals surface area contributed by atoms with Crippen molar-refractivity contribution in [3.63, 3.8) is 0 Å². The summed E-state index contributed by atoms with van der Waals surface area (Å²) in [5.74, 6) is 1.17. The third kappa shape index (κ3) is 12.2. The first-order valence-corrected chi connectivity index (χ1v) is 39.5. The molecule has 0 bridgehead atoms. The average molecular weight is 1510 g/mol. The van der Waals surface area contributed by atoms with Gasteiger partial charge in [-0.1, -0.05) is 348 Å². The molecule has 0 amide bonds. The Morgan fingerprint density at radius 2 is 0.947 bits per heavy atom. The molecule has 4 heterocycles. The van der Waals surface area contributed by atoms with E-state index in [2.05, 4.69) is 120 Å². The Hall–Kier alpha value is -12.9.